The Bertz CT molecular complexity index is 849. The van der Waals surface area contributed by atoms with Crippen LogP contribution in [0.2, 0.25) is 0 Å². The molecule has 0 amide bonds. The molecule has 136 valence electrons. The van der Waals surface area contributed by atoms with E-state index in [-0.39, 0.29) is 6.04 Å². The Kier molecular flexibility index (Phi) is 4.54. The Labute approximate surface area is 162 Å². The van der Waals surface area contributed by atoms with Gasteiger partial charge in [-0.05, 0) is 55.3 Å². The van der Waals surface area contributed by atoms with Crippen LogP contribution in [-0.4, -0.2) is 30.8 Å². The Morgan fingerprint density at radius 2 is 1.96 bits per heavy atom. The second-order valence-corrected chi connectivity index (χ2v) is 7.59. The van der Waals surface area contributed by atoms with E-state index in [9.17, 15) is 0 Å². The number of hydrazine groups is 2. The molecular formula is C20H23BrN4O. The predicted molar refractivity (Wildman–Crippen MR) is 108 cm³/mol. The number of anilines is 1. The normalized spacial score (nSPS) is 19.5. The third-order valence-corrected chi connectivity index (χ3v) is 5.50. The fraction of sp³-hybridized carbons (Fsp3) is 0.300. The summed E-state index contributed by atoms with van der Waals surface area (Å²) in [6, 6.07) is 14.9. The molecule has 0 aliphatic carbocycles. The number of benzene rings is 2. The minimum absolute atomic E-state index is 0.232. The summed E-state index contributed by atoms with van der Waals surface area (Å²) in [5.74, 6) is 0.869. The zero-order valence-corrected chi connectivity index (χ0v) is 16.8. The second-order valence-electron chi connectivity index (χ2n) is 6.68. The van der Waals surface area contributed by atoms with Gasteiger partial charge in [-0.3, -0.25) is 5.01 Å². The second kappa shape index (κ2) is 6.85. The maximum Gasteiger partial charge on any atom is 0.119 e. The maximum absolute atomic E-state index is 5.27. The first-order chi connectivity index (χ1) is 12.6. The first-order valence-electron chi connectivity index (χ1n) is 8.76. The van der Waals surface area contributed by atoms with Gasteiger partial charge in [0, 0.05) is 29.3 Å². The van der Waals surface area contributed by atoms with Crippen LogP contribution in [0.4, 0.5) is 5.69 Å². The van der Waals surface area contributed by atoms with Gasteiger partial charge in [0.15, 0.2) is 0 Å². The standard InChI is InChI=1S/C20H23BrN4O/c1-13-20-17-9-4-14(21)12-18(17)19(10-11-25(20)24(2)23-13)22-15-5-7-16(26-3)8-6-15/h4-9,12,19,22-23H,10-11H2,1-3H3. The summed E-state index contributed by atoms with van der Waals surface area (Å²) in [5.41, 5.74) is 9.53. The Morgan fingerprint density at radius 3 is 2.69 bits per heavy atom. The topological polar surface area (TPSA) is 39.8 Å². The van der Waals surface area contributed by atoms with E-state index in [2.05, 4.69) is 81.1 Å². The van der Waals surface area contributed by atoms with Gasteiger partial charge in [0.05, 0.1) is 24.5 Å². The number of hydrogen-bond acceptors (Lipinski definition) is 5. The molecule has 1 atom stereocenters. The first-order valence-corrected chi connectivity index (χ1v) is 9.55. The molecule has 5 nitrogen and oxygen atoms in total. The molecular weight excluding hydrogens is 392 g/mol. The monoisotopic (exact) mass is 414 g/mol. The Morgan fingerprint density at radius 1 is 1.19 bits per heavy atom. The number of ether oxygens (including phenoxy) is 1. The van der Waals surface area contributed by atoms with Crippen molar-refractivity contribution in [1.82, 2.24) is 15.6 Å². The van der Waals surface area contributed by atoms with Gasteiger partial charge >= 0.3 is 0 Å². The fourth-order valence-electron chi connectivity index (χ4n) is 3.79. The molecule has 2 heterocycles. The fourth-order valence-corrected chi connectivity index (χ4v) is 4.16. The highest BCUT2D eigenvalue weighted by Gasteiger charge is 2.32. The van der Waals surface area contributed by atoms with Crippen molar-refractivity contribution in [2.45, 2.75) is 19.4 Å². The molecule has 0 spiro atoms. The minimum atomic E-state index is 0.232. The number of nitrogens with zero attached hydrogens (tertiary/aromatic N) is 2. The van der Waals surface area contributed by atoms with E-state index in [0.29, 0.717) is 0 Å². The molecule has 2 aliphatic rings. The molecule has 6 heteroatoms. The van der Waals surface area contributed by atoms with E-state index in [0.717, 1.165) is 28.9 Å². The number of hydrogen-bond donors (Lipinski definition) is 2. The highest BCUT2D eigenvalue weighted by molar-refractivity contribution is 9.10. The van der Waals surface area contributed by atoms with Crippen molar-refractivity contribution in [2.24, 2.45) is 0 Å². The van der Waals surface area contributed by atoms with Gasteiger partial charge in [0.1, 0.15) is 5.75 Å². The van der Waals surface area contributed by atoms with Crippen molar-refractivity contribution < 1.29 is 4.74 Å². The van der Waals surface area contributed by atoms with Gasteiger partial charge in [-0.1, -0.05) is 22.0 Å². The predicted octanol–water partition coefficient (Wildman–Crippen LogP) is 4.37. The molecule has 26 heavy (non-hydrogen) atoms. The van der Waals surface area contributed by atoms with Crippen LogP contribution in [0.25, 0.3) is 5.70 Å². The lowest BCUT2D eigenvalue weighted by Gasteiger charge is -2.27. The molecule has 2 aromatic carbocycles. The van der Waals surface area contributed by atoms with Crippen LogP contribution in [-0.2, 0) is 0 Å². The summed E-state index contributed by atoms with van der Waals surface area (Å²) >= 11 is 3.65. The van der Waals surface area contributed by atoms with Gasteiger partial charge in [-0.25, -0.2) is 0 Å². The van der Waals surface area contributed by atoms with Crippen LogP contribution in [0, 0.1) is 0 Å². The van der Waals surface area contributed by atoms with Crippen molar-refractivity contribution in [3.8, 4) is 5.75 Å². The maximum atomic E-state index is 5.27. The summed E-state index contributed by atoms with van der Waals surface area (Å²) in [7, 11) is 3.75. The van der Waals surface area contributed by atoms with Gasteiger partial charge in [0.25, 0.3) is 0 Å². The van der Waals surface area contributed by atoms with E-state index in [4.69, 9.17) is 4.74 Å². The average Bonchev–Trinajstić information content (AvgIpc) is 2.82. The molecule has 1 unspecified atom stereocenters. The molecule has 2 aromatic rings. The van der Waals surface area contributed by atoms with Crippen molar-refractivity contribution >= 4 is 27.3 Å². The zero-order valence-electron chi connectivity index (χ0n) is 15.2. The van der Waals surface area contributed by atoms with Crippen molar-refractivity contribution in [2.75, 3.05) is 26.0 Å². The number of halogens is 1. The first kappa shape index (κ1) is 17.2. The van der Waals surface area contributed by atoms with E-state index in [1.54, 1.807) is 7.11 Å². The van der Waals surface area contributed by atoms with E-state index < -0.39 is 0 Å². The summed E-state index contributed by atoms with van der Waals surface area (Å²) in [5, 5.41) is 8.10. The van der Waals surface area contributed by atoms with Crippen LogP contribution in [0.15, 0.2) is 52.6 Å². The summed E-state index contributed by atoms with van der Waals surface area (Å²) in [6.07, 6.45) is 0.998. The summed E-state index contributed by atoms with van der Waals surface area (Å²) < 4.78 is 6.37. The van der Waals surface area contributed by atoms with Crippen LogP contribution >= 0.6 is 15.9 Å². The van der Waals surface area contributed by atoms with Gasteiger partial charge in [0.2, 0.25) is 0 Å². The molecule has 0 saturated heterocycles. The highest BCUT2D eigenvalue weighted by Crippen LogP contribution is 2.39. The number of nitrogens with one attached hydrogen (secondary N) is 2. The quantitative estimate of drug-likeness (QED) is 0.779. The summed E-state index contributed by atoms with van der Waals surface area (Å²) in [6.45, 7) is 3.07. The van der Waals surface area contributed by atoms with Crippen molar-refractivity contribution in [3.63, 3.8) is 0 Å². The Balaban J connectivity index is 1.73. The van der Waals surface area contributed by atoms with Gasteiger partial charge in [-0.2, -0.15) is 0 Å². The molecule has 4 rings (SSSR count). The third-order valence-electron chi connectivity index (χ3n) is 5.01. The lowest BCUT2D eigenvalue weighted by atomic mass is 9.97. The highest BCUT2D eigenvalue weighted by atomic mass is 79.9. The van der Waals surface area contributed by atoms with Crippen LogP contribution < -0.4 is 15.5 Å². The van der Waals surface area contributed by atoms with E-state index in [1.165, 1.54) is 22.5 Å². The smallest absolute Gasteiger partial charge is 0.119 e. The largest absolute Gasteiger partial charge is 0.497 e. The van der Waals surface area contributed by atoms with Crippen molar-refractivity contribution in [3.05, 3.63) is 63.8 Å². The molecule has 2 N–H and O–H groups in total. The number of allylic oxidation sites excluding steroid dienone is 1. The number of rotatable bonds is 3. The van der Waals surface area contributed by atoms with Crippen LogP contribution in [0.3, 0.4) is 0 Å². The molecule has 0 aromatic heterocycles. The van der Waals surface area contributed by atoms with E-state index >= 15 is 0 Å². The zero-order chi connectivity index (χ0) is 18.3. The average molecular weight is 415 g/mol. The molecule has 0 saturated carbocycles. The number of methoxy groups -OCH3 is 1. The lowest BCUT2D eigenvalue weighted by Crippen LogP contribution is -2.40. The SMILES string of the molecule is COc1ccc(NC2CCN3C(=C(C)NN3C)c3ccc(Br)cc32)cc1. The van der Waals surface area contributed by atoms with Gasteiger partial charge in [-0.15, -0.1) is 5.12 Å². The van der Waals surface area contributed by atoms with Gasteiger partial charge < -0.3 is 15.5 Å². The molecule has 0 fully saturated rings. The van der Waals surface area contributed by atoms with Crippen molar-refractivity contribution in [1.29, 1.82) is 0 Å². The molecule has 0 radical (unpaired) electrons. The Hall–Kier alpha value is -2.18. The summed E-state index contributed by atoms with van der Waals surface area (Å²) in [4.78, 5) is 0. The molecule has 0 bridgehead atoms. The third kappa shape index (κ3) is 3.04. The lowest BCUT2D eigenvalue weighted by molar-refractivity contribution is 0.0446. The van der Waals surface area contributed by atoms with E-state index in [1.807, 2.05) is 12.1 Å². The van der Waals surface area contributed by atoms with Crippen LogP contribution in [0.1, 0.15) is 30.5 Å². The minimum Gasteiger partial charge on any atom is -0.497 e. The molecule has 2 aliphatic heterocycles. The van der Waals surface area contributed by atoms with Crippen LogP contribution in [0.5, 0.6) is 5.75 Å². The number of fused-ring (bicyclic) bond motifs is 3.